The second-order valence-electron chi connectivity index (χ2n) is 7.61. The zero-order valence-electron chi connectivity index (χ0n) is 14.4. The van der Waals surface area contributed by atoms with E-state index in [-0.39, 0.29) is 5.41 Å². The summed E-state index contributed by atoms with van der Waals surface area (Å²) in [5.41, 5.74) is 1.44. The van der Waals surface area contributed by atoms with Gasteiger partial charge >= 0.3 is 6.09 Å². The molecule has 1 aromatic rings. The van der Waals surface area contributed by atoms with Crippen LogP contribution in [0.2, 0.25) is 0 Å². The molecule has 24 heavy (non-hydrogen) atoms. The Bertz CT molecular complexity index is 576. The molecule has 1 aromatic carbocycles. The number of amides is 1. The van der Waals surface area contributed by atoms with Crippen LogP contribution < -0.4 is 4.90 Å². The first-order valence-corrected chi connectivity index (χ1v) is 9.35. The molecule has 0 atom stereocenters. The van der Waals surface area contributed by atoms with E-state index in [2.05, 4.69) is 63.8 Å². The molecule has 0 unspecified atom stereocenters. The second kappa shape index (κ2) is 6.92. The summed E-state index contributed by atoms with van der Waals surface area (Å²) in [4.78, 5) is 17.4. The number of hydrogen-bond donors (Lipinski definition) is 1. The summed E-state index contributed by atoms with van der Waals surface area (Å²) in [6, 6.07) is 8.52. The van der Waals surface area contributed by atoms with E-state index in [4.69, 9.17) is 5.11 Å². The number of hydrogen-bond acceptors (Lipinski definition) is 3. The summed E-state index contributed by atoms with van der Waals surface area (Å²) in [5.74, 6) is 0.470. The van der Waals surface area contributed by atoms with Crippen LogP contribution in [-0.2, 0) is 0 Å². The summed E-state index contributed by atoms with van der Waals surface area (Å²) in [6.45, 7) is 11.2. The van der Waals surface area contributed by atoms with Crippen molar-refractivity contribution in [1.29, 1.82) is 0 Å². The number of carboxylic acid groups (broad SMARTS) is 1. The molecule has 132 valence electrons. The summed E-state index contributed by atoms with van der Waals surface area (Å²) in [5, 5.41) is 9.00. The lowest BCUT2D eigenvalue weighted by Gasteiger charge is -2.49. The van der Waals surface area contributed by atoms with Gasteiger partial charge in [0.15, 0.2) is 0 Å². The molecule has 0 aromatic heterocycles. The van der Waals surface area contributed by atoms with Crippen molar-refractivity contribution < 1.29 is 9.90 Å². The third-order valence-electron chi connectivity index (χ3n) is 5.45. The molecule has 6 heteroatoms. The summed E-state index contributed by atoms with van der Waals surface area (Å²) in [6.07, 6.45) is -0.787. The lowest BCUT2D eigenvalue weighted by molar-refractivity contribution is 0.00326. The van der Waals surface area contributed by atoms with Gasteiger partial charge < -0.3 is 14.9 Å². The second-order valence-corrected chi connectivity index (χ2v) is 8.53. The van der Waals surface area contributed by atoms with Crippen molar-refractivity contribution in [3.63, 3.8) is 0 Å². The minimum Gasteiger partial charge on any atom is -0.465 e. The number of likely N-dealkylation sites (tertiary alicyclic amines) is 1. The number of nitrogens with zero attached hydrogens (tertiary/aromatic N) is 3. The average Bonchev–Trinajstić information content (AvgIpc) is 2.46. The molecule has 0 spiro atoms. The summed E-state index contributed by atoms with van der Waals surface area (Å²) in [7, 11) is 0. The SMILES string of the molecule is CC(C)(CN1CCN(c2ccc(Br)cc2)CC1)C1CN(C(=O)O)C1. The van der Waals surface area contributed by atoms with Gasteiger partial charge in [0.1, 0.15) is 0 Å². The Morgan fingerprint density at radius 3 is 2.29 bits per heavy atom. The maximum atomic E-state index is 10.9. The molecule has 2 heterocycles. The van der Waals surface area contributed by atoms with Crippen LogP contribution in [0.25, 0.3) is 0 Å². The predicted octanol–water partition coefficient (Wildman–Crippen LogP) is 3.21. The van der Waals surface area contributed by atoms with Crippen LogP contribution in [0.5, 0.6) is 0 Å². The Morgan fingerprint density at radius 1 is 1.17 bits per heavy atom. The van der Waals surface area contributed by atoms with Gasteiger partial charge in [0.2, 0.25) is 0 Å². The van der Waals surface area contributed by atoms with Gasteiger partial charge in [0, 0.05) is 61.9 Å². The topological polar surface area (TPSA) is 47.0 Å². The van der Waals surface area contributed by atoms with E-state index < -0.39 is 6.09 Å². The fourth-order valence-electron chi connectivity index (χ4n) is 3.65. The molecule has 0 aliphatic carbocycles. The van der Waals surface area contributed by atoms with Crippen molar-refractivity contribution in [1.82, 2.24) is 9.80 Å². The van der Waals surface area contributed by atoms with Gasteiger partial charge in [-0.15, -0.1) is 0 Å². The lowest BCUT2D eigenvalue weighted by atomic mass is 9.74. The van der Waals surface area contributed by atoms with Crippen molar-refractivity contribution in [2.45, 2.75) is 13.8 Å². The first-order chi connectivity index (χ1) is 11.3. The third kappa shape index (κ3) is 3.86. The molecule has 1 N–H and O–H groups in total. The van der Waals surface area contributed by atoms with Gasteiger partial charge in [0.25, 0.3) is 0 Å². The quantitative estimate of drug-likeness (QED) is 0.849. The van der Waals surface area contributed by atoms with Crippen LogP contribution >= 0.6 is 15.9 Å². The highest BCUT2D eigenvalue weighted by Gasteiger charge is 2.41. The molecule has 0 bridgehead atoms. The van der Waals surface area contributed by atoms with Crippen LogP contribution in [-0.4, -0.2) is 66.8 Å². The van der Waals surface area contributed by atoms with Crippen molar-refractivity contribution in [3.8, 4) is 0 Å². The maximum absolute atomic E-state index is 10.9. The maximum Gasteiger partial charge on any atom is 0.407 e. The number of carbonyl (C=O) groups is 1. The Balaban J connectivity index is 1.48. The molecule has 2 aliphatic rings. The number of halogens is 1. The van der Waals surface area contributed by atoms with E-state index in [1.54, 1.807) is 0 Å². The van der Waals surface area contributed by atoms with Crippen LogP contribution in [0.15, 0.2) is 28.7 Å². The van der Waals surface area contributed by atoms with Crippen LogP contribution in [0, 0.1) is 11.3 Å². The van der Waals surface area contributed by atoms with Crippen molar-refractivity contribution in [3.05, 3.63) is 28.7 Å². The highest BCUT2D eigenvalue weighted by atomic mass is 79.9. The normalized spacial score (nSPS) is 20.1. The van der Waals surface area contributed by atoms with Crippen molar-refractivity contribution in [2.24, 2.45) is 11.3 Å². The Morgan fingerprint density at radius 2 is 1.75 bits per heavy atom. The molecular weight excluding hydrogens is 370 g/mol. The minimum atomic E-state index is -0.787. The molecule has 2 saturated heterocycles. The molecular formula is C18H26BrN3O2. The minimum absolute atomic E-state index is 0.158. The highest BCUT2D eigenvalue weighted by Crippen LogP contribution is 2.35. The van der Waals surface area contributed by atoms with Gasteiger partial charge in [-0.25, -0.2) is 4.79 Å². The summed E-state index contributed by atoms with van der Waals surface area (Å²) < 4.78 is 1.11. The molecule has 0 radical (unpaired) electrons. The number of piperazine rings is 1. The summed E-state index contributed by atoms with van der Waals surface area (Å²) >= 11 is 3.48. The smallest absolute Gasteiger partial charge is 0.407 e. The number of benzene rings is 1. The molecule has 2 fully saturated rings. The molecule has 5 nitrogen and oxygen atoms in total. The Hall–Kier alpha value is -1.27. The zero-order valence-corrected chi connectivity index (χ0v) is 16.0. The largest absolute Gasteiger partial charge is 0.465 e. The number of rotatable bonds is 4. The monoisotopic (exact) mass is 395 g/mol. The van der Waals surface area contributed by atoms with Gasteiger partial charge in [0.05, 0.1) is 0 Å². The molecule has 0 saturated carbocycles. The van der Waals surface area contributed by atoms with Gasteiger partial charge in [-0.3, -0.25) is 4.90 Å². The fourth-order valence-corrected chi connectivity index (χ4v) is 3.91. The average molecular weight is 396 g/mol. The number of anilines is 1. The van der Waals surface area contributed by atoms with E-state index in [9.17, 15) is 4.79 Å². The third-order valence-corrected chi connectivity index (χ3v) is 5.98. The van der Waals surface area contributed by atoms with Crippen molar-refractivity contribution in [2.75, 3.05) is 50.7 Å². The standard InChI is InChI=1S/C18H26BrN3O2/c1-18(2,14-11-22(12-14)17(23)24)13-20-7-9-21(10-8-20)16-5-3-15(19)4-6-16/h3-6,14H,7-13H2,1-2H3,(H,23,24). The van der Waals surface area contributed by atoms with Crippen LogP contribution in [0.4, 0.5) is 10.5 Å². The van der Waals surface area contributed by atoms with E-state index in [0.29, 0.717) is 19.0 Å². The van der Waals surface area contributed by atoms with Crippen LogP contribution in [0.3, 0.4) is 0 Å². The van der Waals surface area contributed by atoms with Crippen molar-refractivity contribution >= 4 is 27.7 Å². The fraction of sp³-hybridized carbons (Fsp3) is 0.611. The van der Waals surface area contributed by atoms with Gasteiger partial charge in [-0.05, 0) is 29.7 Å². The molecule has 1 amide bonds. The van der Waals surface area contributed by atoms with E-state index in [1.165, 1.54) is 10.6 Å². The van der Waals surface area contributed by atoms with E-state index in [0.717, 1.165) is 37.2 Å². The van der Waals surface area contributed by atoms with Gasteiger partial charge in [-0.1, -0.05) is 29.8 Å². The Labute approximate surface area is 152 Å². The molecule has 3 rings (SSSR count). The first kappa shape index (κ1) is 17.5. The lowest BCUT2D eigenvalue weighted by Crippen LogP contribution is -2.58. The van der Waals surface area contributed by atoms with E-state index >= 15 is 0 Å². The first-order valence-electron chi connectivity index (χ1n) is 8.56. The van der Waals surface area contributed by atoms with Gasteiger partial charge in [-0.2, -0.15) is 0 Å². The zero-order chi connectivity index (χ0) is 17.3. The Kier molecular flexibility index (Phi) is 5.06. The molecule has 2 aliphatic heterocycles. The van der Waals surface area contributed by atoms with Crippen LogP contribution in [0.1, 0.15) is 13.8 Å². The predicted molar refractivity (Wildman–Crippen MR) is 99.7 cm³/mol. The van der Waals surface area contributed by atoms with E-state index in [1.807, 2.05) is 0 Å². The highest BCUT2D eigenvalue weighted by molar-refractivity contribution is 9.10.